The third-order valence-corrected chi connectivity index (χ3v) is 7.13. The average molecular weight is 601 g/mol. The zero-order chi connectivity index (χ0) is 31.3. The number of hydrogen-bond acceptors (Lipinski definition) is 10. The summed E-state index contributed by atoms with van der Waals surface area (Å²) < 4.78 is 28.6. The van der Waals surface area contributed by atoms with E-state index in [4.69, 9.17) is 23.7 Å². The Balaban J connectivity index is 1.71. The number of esters is 1. The Morgan fingerprint density at radius 3 is 2.41 bits per heavy atom. The minimum atomic E-state index is -0.485. The van der Waals surface area contributed by atoms with Crippen molar-refractivity contribution in [3.63, 3.8) is 0 Å². The number of aromatic nitrogens is 2. The summed E-state index contributed by atoms with van der Waals surface area (Å²) in [5.74, 6) is 2.17. The third-order valence-electron chi connectivity index (χ3n) is 7.13. The Hall–Kier alpha value is -4.83. The molecule has 0 unspecified atom stereocenters. The van der Waals surface area contributed by atoms with Crippen molar-refractivity contribution < 1.29 is 28.5 Å². The predicted octanol–water partition coefficient (Wildman–Crippen LogP) is 6.27. The van der Waals surface area contributed by atoms with Gasteiger partial charge in [0.1, 0.15) is 18.8 Å². The fourth-order valence-corrected chi connectivity index (χ4v) is 4.69. The van der Waals surface area contributed by atoms with Gasteiger partial charge in [-0.25, -0.2) is 14.8 Å². The lowest BCUT2D eigenvalue weighted by atomic mass is 10.1. The second kappa shape index (κ2) is 16.1. The lowest BCUT2D eigenvalue weighted by Gasteiger charge is -2.19. The maximum Gasteiger partial charge on any atom is 0.330 e. The van der Waals surface area contributed by atoms with Crippen LogP contribution in [0.15, 0.2) is 67.0 Å². The highest BCUT2D eigenvalue weighted by atomic mass is 16.5. The number of carbonyl (C=O) groups is 1. The Kier molecular flexibility index (Phi) is 11.8. The molecule has 1 aromatic heterocycles. The summed E-state index contributed by atoms with van der Waals surface area (Å²) >= 11 is 0. The highest BCUT2D eigenvalue weighted by molar-refractivity contribution is 5.95. The summed E-state index contributed by atoms with van der Waals surface area (Å²) in [6.07, 6.45) is 5.34. The number of carbonyl (C=O) groups excluding carboxylic acids is 1. The summed E-state index contributed by atoms with van der Waals surface area (Å²) in [6.45, 7) is 8.14. The van der Waals surface area contributed by atoms with E-state index in [1.165, 1.54) is 19.5 Å². The summed E-state index contributed by atoms with van der Waals surface area (Å²) in [7, 11) is 4.50. The molecule has 0 aliphatic rings. The molecule has 0 fully saturated rings. The predicted molar refractivity (Wildman–Crippen MR) is 172 cm³/mol. The SMILES string of the molecule is CCN(CC)CCCOc1cc2c(Nc3c(/C=C/C(=O)OC)ccc(OCc4ccccc4)c3OC)ncnc2cc1OC. The van der Waals surface area contributed by atoms with Gasteiger partial charge in [0.25, 0.3) is 0 Å². The summed E-state index contributed by atoms with van der Waals surface area (Å²) in [6, 6.07) is 17.2. The Bertz CT molecular complexity index is 1560. The van der Waals surface area contributed by atoms with Gasteiger partial charge in [0.15, 0.2) is 23.0 Å². The molecule has 0 bridgehead atoms. The molecule has 4 rings (SSSR count). The minimum absolute atomic E-state index is 0.346. The van der Waals surface area contributed by atoms with Crippen LogP contribution in [-0.2, 0) is 16.1 Å². The number of benzene rings is 3. The fourth-order valence-electron chi connectivity index (χ4n) is 4.69. The average Bonchev–Trinajstić information content (AvgIpc) is 3.06. The number of hydrogen-bond donors (Lipinski definition) is 1. The maximum atomic E-state index is 12.0. The molecule has 0 amide bonds. The van der Waals surface area contributed by atoms with Crippen LogP contribution in [0.4, 0.5) is 11.5 Å². The van der Waals surface area contributed by atoms with Crippen molar-refractivity contribution in [1.82, 2.24) is 14.9 Å². The zero-order valence-corrected chi connectivity index (χ0v) is 26.0. The molecular weight excluding hydrogens is 560 g/mol. The second-order valence-electron chi connectivity index (χ2n) is 9.79. The van der Waals surface area contributed by atoms with Gasteiger partial charge in [0.2, 0.25) is 0 Å². The van der Waals surface area contributed by atoms with Crippen molar-refractivity contribution in [2.45, 2.75) is 26.9 Å². The van der Waals surface area contributed by atoms with Gasteiger partial charge in [-0.2, -0.15) is 0 Å². The van der Waals surface area contributed by atoms with E-state index in [0.717, 1.165) is 31.6 Å². The van der Waals surface area contributed by atoms with E-state index in [1.54, 1.807) is 26.4 Å². The van der Waals surface area contributed by atoms with E-state index in [2.05, 4.69) is 34.0 Å². The number of fused-ring (bicyclic) bond motifs is 1. The lowest BCUT2D eigenvalue weighted by molar-refractivity contribution is -0.134. The van der Waals surface area contributed by atoms with E-state index in [-0.39, 0.29) is 0 Å². The quantitative estimate of drug-likeness (QED) is 0.0899. The molecule has 0 atom stereocenters. The smallest absolute Gasteiger partial charge is 0.330 e. The number of methoxy groups -OCH3 is 3. The van der Waals surface area contributed by atoms with Gasteiger partial charge < -0.3 is 33.9 Å². The Labute approximate surface area is 258 Å². The molecule has 232 valence electrons. The van der Waals surface area contributed by atoms with Crippen molar-refractivity contribution >= 4 is 34.5 Å². The van der Waals surface area contributed by atoms with Crippen molar-refractivity contribution in [1.29, 1.82) is 0 Å². The molecule has 0 spiro atoms. The Morgan fingerprint density at radius 1 is 0.909 bits per heavy atom. The number of nitrogens with one attached hydrogen (secondary N) is 1. The number of ether oxygens (including phenoxy) is 5. The van der Waals surface area contributed by atoms with E-state index in [1.807, 2.05) is 48.5 Å². The summed E-state index contributed by atoms with van der Waals surface area (Å²) in [5, 5.41) is 4.13. The molecule has 10 heteroatoms. The Morgan fingerprint density at radius 2 is 1.70 bits per heavy atom. The van der Waals surface area contributed by atoms with Gasteiger partial charge in [-0.3, -0.25) is 0 Å². The van der Waals surface area contributed by atoms with Crippen LogP contribution < -0.4 is 24.3 Å². The van der Waals surface area contributed by atoms with E-state index in [9.17, 15) is 4.79 Å². The van der Waals surface area contributed by atoms with E-state index < -0.39 is 5.97 Å². The first-order valence-electron chi connectivity index (χ1n) is 14.6. The first kappa shape index (κ1) is 32.1. The largest absolute Gasteiger partial charge is 0.493 e. The van der Waals surface area contributed by atoms with Gasteiger partial charge in [0.05, 0.1) is 39.1 Å². The standard InChI is InChI=1S/C34H40N4O6/c1-6-38(7-2)18-11-19-43-30-20-26-27(21-29(30)40-3)35-23-36-34(26)37-32-25(15-17-31(39)41-4)14-16-28(33(32)42-5)44-22-24-12-9-8-10-13-24/h8-10,12-17,20-21,23H,6-7,11,18-19,22H2,1-5H3,(H,35,36,37)/b17-15+. The van der Waals surface area contributed by atoms with Crippen molar-refractivity contribution in [3.05, 3.63) is 78.1 Å². The zero-order valence-electron chi connectivity index (χ0n) is 26.0. The van der Waals surface area contributed by atoms with Crippen LogP contribution in [0.1, 0.15) is 31.4 Å². The van der Waals surface area contributed by atoms with Crippen LogP contribution in [0.2, 0.25) is 0 Å². The fraction of sp³-hybridized carbons (Fsp3) is 0.324. The normalized spacial score (nSPS) is 11.1. The molecule has 44 heavy (non-hydrogen) atoms. The van der Waals surface area contributed by atoms with Gasteiger partial charge in [-0.1, -0.05) is 44.2 Å². The molecule has 3 aromatic carbocycles. The van der Waals surface area contributed by atoms with Crippen LogP contribution in [0, 0.1) is 0 Å². The van der Waals surface area contributed by atoms with Gasteiger partial charge in [0, 0.05) is 29.6 Å². The van der Waals surface area contributed by atoms with Crippen LogP contribution in [0.25, 0.3) is 17.0 Å². The summed E-state index contributed by atoms with van der Waals surface area (Å²) in [4.78, 5) is 23.3. The molecular formula is C34H40N4O6. The molecule has 4 aromatic rings. The van der Waals surface area contributed by atoms with E-state index >= 15 is 0 Å². The molecule has 0 saturated carbocycles. The van der Waals surface area contributed by atoms with Crippen molar-refractivity contribution in [2.24, 2.45) is 0 Å². The van der Waals surface area contributed by atoms with Gasteiger partial charge in [-0.05, 0) is 49.3 Å². The first-order valence-corrected chi connectivity index (χ1v) is 14.6. The van der Waals surface area contributed by atoms with Crippen molar-refractivity contribution in [2.75, 3.05) is 52.9 Å². The monoisotopic (exact) mass is 600 g/mol. The second-order valence-corrected chi connectivity index (χ2v) is 9.79. The molecule has 1 heterocycles. The van der Waals surface area contributed by atoms with Crippen LogP contribution in [0.3, 0.4) is 0 Å². The number of nitrogens with zero attached hydrogens (tertiary/aromatic N) is 3. The minimum Gasteiger partial charge on any atom is -0.493 e. The highest BCUT2D eigenvalue weighted by Gasteiger charge is 2.19. The molecule has 10 nitrogen and oxygen atoms in total. The van der Waals surface area contributed by atoms with Gasteiger partial charge >= 0.3 is 5.97 Å². The van der Waals surface area contributed by atoms with Crippen LogP contribution in [0.5, 0.6) is 23.0 Å². The molecule has 1 N–H and O–H groups in total. The lowest BCUT2D eigenvalue weighted by Crippen LogP contribution is -2.25. The molecule has 0 aliphatic carbocycles. The third kappa shape index (κ3) is 8.17. The number of rotatable bonds is 16. The first-order chi connectivity index (χ1) is 21.5. The maximum absolute atomic E-state index is 12.0. The topological polar surface area (TPSA) is 104 Å². The van der Waals surface area contributed by atoms with E-state index in [0.29, 0.717) is 64.2 Å². The molecule has 0 aliphatic heterocycles. The van der Waals surface area contributed by atoms with Crippen LogP contribution >= 0.6 is 0 Å². The van der Waals surface area contributed by atoms with Crippen LogP contribution in [-0.4, -0.2) is 68.4 Å². The summed E-state index contributed by atoms with van der Waals surface area (Å²) in [5.41, 5.74) is 2.89. The van der Waals surface area contributed by atoms with Gasteiger partial charge in [-0.15, -0.1) is 0 Å². The number of anilines is 2. The highest BCUT2D eigenvalue weighted by Crippen LogP contribution is 2.42. The molecule has 0 radical (unpaired) electrons. The molecule has 0 saturated heterocycles. The van der Waals surface area contributed by atoms with Crippen molar-refractivity contribution in [3.8, 4) is 23.0 Å².